The van der Waals surface area contributed by atoms with Gasteiger partial charge in [-0.15, -0.1) is 0 Å². The highest BCUT2D eigenvalue weighted by molar-refractivity contribution is 5.80. The van der Waals surface area contributed by atoms with Gasteiger partial charge < -0.3 is 4.98 Å². The van der Waals surface area contributed by atoms with Crippen molar-refractivity contribution in [2.75, 3.05) is 0 Å². The first-order valence-corrected chi connectivity index (χ1v) is 5.38. The maximum atomic E-state index is 3.35. The van der Waals surface area contributed by atoms with Crippen LogP contribution in [0.2, 0.25) is 0 Å². The van der Waals surface area contributed by atoms with E-state index in [1.165, 1.54) is 23.0 Å². The average molecular weight is 189 g/mol. The monoisotopic (exact) mass is 189 g/mol. The fourth-order valence-corrected chi connectivity index (χ4v) is 1.32. The van der Waals surface area contributed by atoms with Crippen LogP contribution in [0.4, 0.5) is 0 Å². The molecule has 0 aliphatic carbocycles. The predicted molar refractivity (Wildman–Crippen MR) is 63.6 cm³/mol. The van der Waals surface area contributed by atoms with Crippen molar-refractivity contribution in [1.82, 2.24) is 4.98 Å². The number of para-hydroxylation sites is 1. The molecule has 0 saturated heterocycles. The quantitative estimate of drug-likeness (QED) is 0.693. The van der Waals surface area contributed by atoms with E-state index in [0.29, 0.717) is 0 Å². The summed E-state index contributed by atoms with van der Waals surface area (Å²) in [4.78, 5) is 3.35. The minimum atomic E-state index is 1.08. The topological polar surface area (TPSA) is 15.8 Å². The minimum Gasteiger partial charge on any atom is -0.358 e. The van der Waals surface area contributed by atoms with Crippen molar-refractivity contribution >= 4 is 10.9 Å². The van der Waals surface area contributed by atoms with E-state index in [-0.39, 0.29) is 0 Å². The molecule has 0 unspecified atom stereocenters. The zero-order chi connectivity index (χ0) is 10.4. The van der Waals surface area contributed by atoms with Crippen LogP contribution in [0.25, 0.3) is 10.9 Å². The first kappa shape index (κ1) is 10.8. The Balaban J connectivity index is 0.000000293. The van der Waals surface area contributed by atoms with Gasteiger partial charge in [0.25, 0.3) is 0 Å². The Morgan fingerprint density at radius 1 is 1.07 bits per heavy atom. The van der Waals surface area contributed by atoms with E-state index < -0.39 is 0 Å². The number of rotatable bonds is 1. The van der Waals surface area contributed by atoms with Crippen molar-refractivity contribution in [2.45, 2.75) is 33.6 Å². The molecule has 0 aliphatic heterocycles. The first-order valence-electron chi connectivity index (χ1n) is 5.38. The maximum Gasteiger partial charge on any atom is 0.0456 e. The van der Waals surface area contributed by atoms with Gasteiger partial charge in [0.2, 0.25) is 0 Å². The van der Waals surface area contributed by atoms with E-state index in [0.717, 1.165) is 6.42 Å². The van der Waals surface area contributed by atoms with Gasteiger partial charge in [0.05, 0.1) is 0 Å². The summed E-state index contributed by atoms with van der Waals surface area (Å²) < 4.78 is 0. The van der Waals surface area contributed by atoms with Crippen LogP contribution in [0.1, 0.15) is 32.9 Å². The third-order valence-electron chi connectivity index (χ3n) is 1.97. The maximum absolute atomic E-state index is 3.35. The molecule has 1 aromatic carbocycles. The van der Waals surface area contributed by atoms with Gasteiger partial charge in [-0.05, 0) is 23.9 Å². The molecule has 0 fully saturated rings. The van der Waals surface area contributed by atoms with Crippen molar-refractivity contribution in [3.8, 4) is 0 Å². The summed E-state index contributed by atoms with van der Waals surface area (Å²) in [5.41, 5.74) is 2.55. The average Bonchev–Trinajstić information content (AvgIpc) is 2.61. The Bertz CT molecular complexity index is 340. The molecule has 1 heteroatoms. The van der Waals surface area contributed by atoms with Crippen LogP contribution in [-0.2, 0) is 6.42 Å². The summed E-state index contributed by atoms with van der Waals surface area (Å²) >= 11 is 0. The summed E-state index contributed by atoms with van der Waals surface area (Å²) in [6.45, 7) is 6.41. The summed E-state index contributed by atoms with van der Waals surface area (Å²) in [7, 11) is 0. The van der Waals surface area contributed by atoms with E-state index in [2.05, 4.69) is 56.1 Å². The lowest BCUT2D eigenvalue weighted by molar-refractivity contribution is 1.07. The molecule has 2 rings (SSSR count). The highest BCUT2D eigenvalue weighted by atomic mass is 14.7. The molecule has 1 N–H and O–H groups in total. The molecule has 1 aromatic heterocycles. The van der Waals surface area contributed by atoms with Crippen LogP contribution in [-0.4, -0.2) is 4.98 Å². The van der Waals surface area contributed by atoms with Gasteiger partial charge in [0.1, 0.15) is 0 Å². The Hall–Kier alpha value is -1.24. The van der Waals surface area contributed by atoms with Crippen LogP contribution < -0.4 is 0 Å². The zero-order valence-electron chi connectivity index (χ0n) is 9.30. The summed E-state index contributed by atoms with van der Waals surface area (Å²) in [5.74, 6) is 0. The fraction of sp³-hybridized carbons (Fsp3) is 0.385. The number of H-pyrrole nitrogens is 1. The number of aromatic amines is 1. The molecule has 0 radical (unpaired) electrons. The lowest BCUT2D eigenvalue weighted by Gasteiger charge is -1.85. The Morgan fingerprint density at radius 2 is 1.71 bits per heavy atom. The SMILES string of the molecule is CCC.CCc1cc2ccccc2[nH]1. The van der Waals surface area contributed by atoms with Crippen molar-refractivity contribution in [1.29, 1.82) is 0 Å². The van der Waals surface area contributed by atoms with Gasteiger partial charge >= 0.3 is 0 Å². The smallest absolute Gasteiger partial charge is 0.0456 e. The number of aryl methyl sites for hydroxylation is 1. The van der Waals surface area contributed by atoms with Crippen LogP contribution in [0.5, 0.6) is 0 Å². The van der Waals surface area contributed by atoms with Crippen LogP contribution in [0.3, 0.4) is 0 Å². The molecule has 0 spiro atoms. The van der Waals surface area contributed by atoms with Crippen LogP contribution in [0, 0.1) is 0 Å². The van der Waals surface area contributed by atoms with Gasteiger partial charge in [-0.3, -0.25) is 0 Å². The van der Waals surface area contributed by atoms with Gasteiger partial charge in [0, 0.05) is 11.2 Å². The summed E-state index contributed by atoms with van der Waals surface area (Å²) in [6.07, 6.45) is 2.33. The molecular weight excluding hydrogens is 170 g/mol. The fourth-order valence-electron chi connectivity index (χ4n) is 1.32. The Morgan fingerprint density at radius 3 is 2.29 bits per heavy atom. The van der Waals surface area contributed by atoms with E-state index in [9.17, 15) is 0 Å². The molecule has 14 heavy (non-hydrogen) atoms. The summed E-state index contributed by atoms with van der Waals surface area (Å²) in [5, 5.41) is 1.31. The molecule has 0 amide bonds. The number of hydrogen-bond acceptors (Lipinski definition) is 0. The van der Waals surface area contributed by atoms with Crippen molar-refractivity contribution in [2.24, 2.45) is 0 Å². The molecule has 0 aliphatic rings. The second kappa shape index (κ2) is 5.48. The van der Waals surface area contributed by atoms with Crippen molar-refractivity contribution in [3.05, 3.63) is 36.0 Å². The summed E-state index contributed by atoms with van der Waals surface area (Å²) in [6, 6.07) is 10.6. The number of hydrogen-bond donors (Lipinski definition) is 1. The van der Waals surface area contributed by atoms with E-state index in [1.807, 2.05) is 0 Å². The van der Waals surface area contributed by atoms with Crippen molar-refractivity contribution in [3.63, 3.8) is 0 Å². The number of benzene rings is 1. The normalized spacial score (nSPS) is 9.64. The largest absolute Gasteiger partial charge is 0.358 e. The third-order valence-corrected chi connectivity index (χ3v) is 1.97. The molecule has 1 heterocycles. The lowest BCUT2D eigenvalue weighted by Crippen LogP contribution is -1.74. The van der Waals surface area contributed by atoms with Crippen LogP contribution in [0.15, 0.2) is 30.3 Å². The van der Waals surface area contributed by atoms with Crippen LogP contribution >= 0.6 is 0 Å². The van der Waals surface area contributed by atoms with Gasteiger partial charge in [0.15, 0.2) is 0 Å². The number of nitrogens with one attached hydrogen (secondary N) is 1. The number of aromatic nitrogens is 1. The molecule has 0 bridgehead atoms. The molecule has 2 aromatic rings. The second-order valence-corrected chi connectivity index (χ2v) is 3.44. The lowest BCUT2D eigenvalue weighted by atomic mass is 10.2. The van der Waals surface area contributed by atoms with Gasteiger partial charge in [-0.1, -0.05) is 45.4 Å². The highest BCUT2D eigenvalue weighted by Crippen LogP contribution is 2.14. The van der Waals surface area contributed by atoms with Gasteiger partial charge in [-0.25, -0.2) is 0 Å². The third kappa shape index (κ3) is 2.63. The molecule has 0 saturated carbocycles. The minimum absolute atomic E-state index is 1.08. The van der Waals surface area contributed by atoms with E-state index in [1.54, 1.807) is 0 Å². The molecule has 1 nitrogen and oxygen atoms in total. The predicted octanol–water partition coefficient (Wildman–Crippen LogP) is 4.15. The Labute approximate surface area is 86.2 Å². The number of fused-ring (bicyclic) bond motifs is 1. The van der Waals surface area contributed by atoms with Gasteiger partial charge in [-0.2, -0.15) is 0 Å². The zero-order valence-corrected chi connectivity index (χ0v) is 9.30. The van der Waals surface area contributed by atoms with E-state index >= 15 is 0 Å². The highest BCUT2D eigenvalue weighted by Gasteiger charge is 1.95. The second-order valence-electron chi connectivity index (χ2n) is 3.44. The van der Waals surface area contributed by atoms with E-state index in [4.69, 9.17) is 0 Å². The standard InChI is InChI=1S/C10H11N.C3H8/c1-2-9-7-8-5-3-4-6-10(8)11-9;1-3-2/h3-7,11H,2H2,1H3;3H2,1-2H3. The molecule has 76 valence electrons. The molecule has 0 atom stereocenters. The van der Waals surface area contributed by atoms with Crippen molar-refractivity contribution < 1.29 is 0 Å². The Kier molecular flexibility index (Phi) is 4.24. The molecular formula is C13H19N. The first-order chi connectivity index (χ1) is 6.81.